The molecule has 0 radical (unpaired) electrons. The van der Waals surface area contributed by atoms with Gasteiger partial charge in [-0.2, -0.15) is 0 Å². The van der Waals surface area contributed by atoms with Crippen LogP contribution in [0.3, 0.4) is 0 Å². The highest BCUT2D eigenvalue weighted by Crippen LogP contribution is 2.25. The molecule has 20 heavy (non-hydrogen) atoms. The largest absolute Gasteiger partial charge is 0.370 e. The van der Waals surface area contributed by atoms with Crippen molar-refractivity contribution in [1.82, 2.24) is 19.5 Å². The lowest BCUT2D eigenvalue weighted by Gasteiger charge is -2.30. The zero-order valence-corrected chi connectivity index (χ0v) is 12.0. The van der Waals surface area contributed by atoms with Gasteiger partial charge in [0.2, 0.25) is 0 Å². The van der Waals surface area contributed by atoms with Gasteiger partial charge >= 0.3 is 0 Å². The number of hydrogen-bond donors (Lipinski definition) is 1. The Kier molecular flexibility index (Phi) is 3.54. The summed E-state index contributed by atoms with van der Waals surface area (Å²) in [6.45, 7) is 7.87. The van der Waals surface area contributed by atoms with E-state index in [2.05, 4.69) is 43.6 Å². The summed E-state index contributed by atoms with van der Waals surface area (Å²) in [6, 6.07) is 0. The third-order valence-corrected chi connectivity index (χ3v) is 3.64. The van der Waals surface area contributed by atoms with Crippen molar-refractivity contribution >= 4 is 11.6 Å². The second-order valence-corrected chi connectivity index (χ2v) is 5.06. The summed E-state index contributed by atoms with van der Waals surface area (Å²) in [6.07, 6.45) is 6.62. The van der Waals surface area contributed by atoms with Crippen LogP contribution >= 0.6 is 0 Å². The van der Waals surface area contributed by atoms with Crippen molar-refractivity contribution < 1.29 is 0 Å². The lowest BCUT2D eigenvalue weighted by atomic mass is 10.2. The Hall–Kier alpha value is -2.11. The van der Waals surface area contributed by atoms with E-state index in [4.69, 9.17) is 0 Å². The van der Waals surface area contributed by atoms with Crippen LogP contribution in [-0.2, 0) is 13.1 Å². The maximum Gasteiger partial charge on any atom is 0.137 e. The first kappa shape index (κ1) is 12.9. The molecule has 1 N–H and O–H groups in total. The summed E-state index contributed by atoms with van der Waals surface area (Å²) in [5, 5.41) is 3.36. The molecule has 1 aliphatic rings. The first-order valence-electron chi connectivity index (χ1n) is 7.10. The van der Waals surface area contributed by atoms with E-state index < -0.39 is 0 Å². The molecule has 6 nitrogen and oxygen atoms in total. The van der Waals surface area contributed by atoms with Crippen LogP contribution in [-0.4, -0.2) is 32.6 Å². The monoisotopic (exact) mass is 272 g/mol. The van der Waals surface area contributed by atoms with Crippen LogP contribution in [0.4, 0.5) is 11.6 Å². The second kappa shape index (κ2) is 5.48. The summed E-state index contributed by atoms with van der Waals surface area (Å²) in [5.41, 5.74) is 1.11. The quantitative estimate of drug-likeness (QED) is 0.920. The van der Waals surface area contributed by atoms with Crippen molar-refractivity contribution in [2.24, 2.45) is 0 Å². The third-order valence-electron chi connectivity index (χ3n) is 3.64. The van der Waals surface area contributed by atoms with E-state index in [1.54, 1.807) is 6.33 Å². The van der Waals surface area contributed by atoms with E-state index in [9.17, 15) is 0 Å². The van der Waals surface area contributed by atoms with Crippen molar-refractivity contribution in [1.29, 1.82) is 0 Å². The molecule has 0 fully saturated rings. The molecule has 0 saturated carbocycles. The average molecular weight is 272 g/mol. The normalized spacial score (nSPS) is 14.2. The number of rotatable bonds is 4. The lowest BCUT2D eigenvalue weighted by molar-refractivity contribution is 0.555. The zero-order valence-electron chi connectivity index (χ0n) is 12.0. The van der Waals surface area contributed by atoms with Gasteiger partial charge < -0.3 is 14.8 Å². The summed E-state index contributed by atoms with van der Waals surface area (Å²) < 4.78 is 2.20. The maximum absolute atomic E-state index is 4.47. The number of imidazole rings is 1. The molecule has 2 aromatic rings. The van der Waals surface area contributed by atoms with Gasteiger partial charge in [-0.25, -0.2) is 15.0 Å². The Morgan fingerprint density at radius 3 is 3.00 bits per heavy atom. The van der Waals surface area contributed by atoms with Crippen molar-refractivity contribution in [2.45, 2.75) is 33.4 Å². The van der Waals surface area contributed by atoms with Gasteiger partial charge in [-0.1, -0.05) is 6.92 Å². The molecule has 106 valence electrons. The van der Waals surface area contributed by atoms with Gasteiger partial charge in [-0.05, 0) is 13.3 Å². The molecule has 0 aliphatic carbocycles. The summed E-state index contributed by atoms with van der Waals surface area (Å²) in [4.78, 5) is 15.5. The van der Waals surface area contributed by atoms with Gasteiger partial charge in [-0.15, -0.1) is 0 Å². The van der Waals surface area contributed by atoms with Crippen molar-refractivity contribution in [3.05, 3.63) is 30.1 Å². The number of nitrogens with one attached hydrogen (secondary N) is 1. The van der Waals surface area contributed by atoms with Gasteiger partial charge in [0.1, 0.15) is 23.8 Å². The molecule has 3 heterocycles. The minimum atomic E-state index is 0.804. The Morgan fingerprint density at radius 1 is 1.25 bits per heavy atom. The molecule has 0 aromatic carbocycles. The van der Waals surface area contributed by atoms with E-state index in [0.29, 0.717) is 0 Å². The lowest BCUT2D eigenvalue weighted by Crippen LogP contribution is -2.34. The van der Waals surface area contributed by atoms with E-state index in [-0.39, 0.29) is 0 Å². The van der Waals surface area contributed by atoms with Gasteiger partial charge in [0.15, 0.2) is 0 Å². The molecule has 0 amide bonds. The topological polar surface area (TPSA) is 58.9 Å². The number of aromatic nitrogens is 4. The van der Waals surface area contributed by atoms with Gasteiger partial charge in [0, 0.05) is 37.6 Å². The number of fused-ring (bicyclic) bond motifs is 1. The van der Waals surface area contributed by atoms with Crippen LogP contribution in [0.25, 0.3) is 0 Å². The van der Waals surface area contributed by atoms with Gasteiger partial charge in [0.25, 0.3) is 0 Å². The van der Waals surface area contributed by atoms with E-state index in [1.807, 2.05) is 12.4 Å². The van der Waals surface area contributed by atoms with Crippen LogP contribution in [0, 0.1) is 6.92 Å². The molecule has 3 rings (SSSR count). The molecular weight excluding hydrogens is 252 g/mol. The van der Waals surface area contributed by atoms with Crippen LogP contribution in [0.15, 0.2) is 18.7 Å². The number of anilines is 2. The predicted octanol–water partition coefficient (Wildman–Crippen LogP) is 1.82. The molecule has 0 saturated heterocycles. The minimum absolute atomic E-state index is 0.804. The average Bonchev–Trinajstić information content (AvgIpc) is 2.93. The molecule has 1 aliphatic heterocycles. The fourth-order valence-electron chi connectivity index (χ4n) is 2.54. The van der Waals surface area contributed by atoms with Crippen molar-refractivity contribution in [3.8, 4) is 0 Å². The van der Waals surface area contributed by atoms with Crippen LogP contribution < -0.4 is 10.2 Å². The molecule has 0 unspecified atom stereocenters. The van der Waals surface area contributed by atoms with E-state index in [1.165, 1.54) is 0 Å². The highest BCUT2D eigenvalue weighted by atomic mass is 15.3. The van der Waals surface area contributed by atoms with E-state index in [0.717, 1.165) is 55.6 Å². The van der Waals surface area contributed by atoms with Crippen molar-refractivity contribution in [2.75, 3.05) is 23.3 Å². The molecular formula is C14H20N6. The van der Waals surface area contributed by atoms with Gasteiger partial charge in [-0.3, -0.25) is 0 Å². The minimum Gasteiger partial charge on any atom is -0.370 e. The molecule has 2 aromatic heterocycles. The maximum atomic E-state index is 4.47. The van der Waals surface area contributed by atoms with Crippen molar-refractivity contribution in [3.63, 3.8) is 0 Å². The predicted molar refractivity (Wildman–Crippen MR) is 78.8 cm³/mol. The highest BCUT2D eigenvalue weighted by molar-refractivity contribution is 5.58. The molecule has 6 heteroatoms. The third kappa shape index (κ3) is 2.33. The first-order valence-corrected chi connectivity index (χ1v) is 7.10. The molecule has 0 bridgehead atoms. The summed E-state index contributed by atoms with van der Waals surface area (Å²) >= 11 is 0. The van der Waals surface area contributed by atoms with Crippen LogP contribution in [0.2, 0.25) is 0 Å². The standard InChI is InChI=1S/C14H20N6/c1-3-4-16-13-11(2)14(18-10-17-13)20-8-7-19-6-5-15-12(19)9-20/h5-6,10H,3-4,7-9H2,1-2H3,(H,16,17,18). The number of nitrogens with zero attached hydrogens (tertiary/aromatic N) is 5. The Bertz CT molecular complexity index is 591. The fraction of sp³-hybridized carbons (Fsp3) is 0.500. The fourth-order valence-corrected chi connectivity index (χ4v) is 2.54. The highest BCUT2D eigenvalue weighted by Gasteiger charge is 2.20. The second-order valence-electron chi connectivity index (χ2n) is 5.06. The van der Waals surface area contributed by atoms with E-state index >= 15 is 0 Å². The summed E-state index contributed by atoms with van der Waals surface area (Å²) in [7, 11) is 0. The van der Waals surface area contributed by atoms with Crippen LogP contribution in [0.1, 0.15) is 24.7 Å². The zero-order chi connectivity index (χ0) is 13.9. The Morgan fingerprint density at radius 2 is 2.15 bits per heavy atom. The Balaban J connectivity index is 1.84. The first-order chi connectivity index (χ1) is 9.79. The SMILES string of the molecule is CCCNc1ncnc(N2CCn3ccnc3C2)c1C. The van der Waals surface area contributed by atoms with Gasteiger partial charge in [0.05, 0.1) is 6.54 Å². The smallest absolute Gasteiger partial charge is 0.137 e. The van der Waals surface area contributed by atoms with Crippen LogP contribution in [0.5, 0.6) is 0 Å². The number of hydrogen-bond acceptors (Lipinski definition) is 5. The molecule has 0 spiro atoms. The summed E-state index contributed by atoms with van der Waals surface area (Å²) in [5.74, 6) is 3.04. The molecule has 0 atom stereocenters. The Labute approximate surface area is 118 Å².